The lowest BCUT2D eigenvalue weighted by molar-refractivity contribution is 0.0189. The maximum Gasteiger partial charge on any atom is 0.410 e. The zero-order valence-corrected chi connectivity index (χ0v) is 17.4. The van der Waals surface area contributed by atoms with Crippen molar-refractivity contribution in [3.8, 4) is 0 Å². The van der Waals surface area contributed by atoms with Gasteiger partial charge < -0.3 is 14.4 Å². The minimum absolute atomic E-state index is 0.0432. The third-order valence-corrected chi connectivity index (χ3v) is 5.77. The lowest BCUT2D eigenvalue weighted by Gasteiger charge is -2.33. The standard InChI is InChI=1S/C21H30N4O4/c1-21(2,3)29-20(27)24-8-4-16(5-9-24)25-17-12-15(14-6-10-28-11-7-14)13-22-18(17)23-19(25)26/h12-14,16H,4-11H2,1-3H3,(H,22,23,26). The first-order valence-corrected chi connectivity index (χ1v) is 10.5. The van der Waals surface area contributed by atoms with Gasteiger partial charge in [0.05, 0.1) is 5.52 Å². The number of ether oxygens (including phenoxy) is 2. The molecule has 2 aliphatic rings. The molecular weight excluding hydrogens is 372 g/mol. The zero-order valence-electron chi connectivity index (χ0n) is 17.4. The molecule has 0 atom stereocenters. The Bertz CT molecular complexity index is 928. The molecule has 4 rings (SSSR count). The minimum Gasteiger partial charge on any atom is -0.444 e. The summed E-state index contributed by atoms with van der Waals surface area (Å²) in [6, 6.07) is 2.15. The monoisotopic (exact) mass is 402 g/mol. The molecule has 1 amide bonds. The van der Waals surface area contributed by atoms with Gasteiger partial charge in [-0.1, -0.05) is 0 Å². The van der Waals surface area contributed by atoms with Crippen LogP contribution in [0.25, 0.3) is 11.2 Å². The highest BCUT2D eigenvalue weighted by atomic mass is 16.6. The van der Waals surface area contributed by atoms with Crippen molar-refractivity contribution in [2.24, 2.45) is 0 Å². The number of H-pyrrole nitrogens is 1. The lowest BCUT2D eigenvalue weighted by Crippen LogP contribution is -2.43. The Kier molecular flexibility index (Phi) is 5.38. The van der Waals surface area contributed by atoms with Crippen LogP contribution in [0.2, 0.25) is 0 Å². The molecule has 2 aliphatic heterocycles. The molecule has 2 fully saturated rings. The van der Waals surface area contributed by atoms with E-state index >= 15 is 0 Å². The van der Waals surface area contributed by atoms with E-state index < -0.39 is 5.60 Å². The van der Waals surface area contributed by atoms with Gasteiger partial charge in [-0.05, 0) is 64.0 Å². The second-order valence-electron chi connectivity index (χ2n) is 9.02. The van der Waals surface area contributed by atoms with Crippen molar-refractivity contribution in [3.05, 3.63) is 28.3 Å². The van der Waals surface area contributed by atoms with Crippen LogP contribution >= 0.6 is 0 Å². The smallest absolute Gasteiger partial charge is 0.410 e. The van der Waals surface area contributed by atoms with Gasteiger partial charge >= 0.3 is 11.8 Å². The van der Waals surface area contributed by atoms with E-state index in [1.54, 1.807) is 4.90 Å². The summed E-state index contributed by atoms with van der Waals surface area (Å²) in [7, 11) is 0. The topological polar surface area (TPSA) is 89.5 Å². The molecule has 2 aromatic heterocycles. The van der Waals surface area contributed by atoms with E-state index in [9.17, 15) is 9.59 Å². The number of pyridine rings is 1. The van der Waals surface area contributed by atoms with Crippen LogP contribution in [-0.2, 0) is 9.47 Å². The van der Waals surface area contributed by atoms with E-state index in [0.717, 1.165) is 31.6 Å². The molecule has 0 saturated carbocycles. The Morgan fingerprint density at radius 2 is 1.90 bits per heavy atom. The number of carbonyl (C=O) groups is 1. The lowest BCUT2D eigenvalue weighted by atomic mass is 9.93. The molecule has 2 aromatic rings. The summed E-state index contributed by atoms with van der Waals surface area (Å²) in [4.78, 5) is 34.1. The average Bonchev–Trinajstić information content (AvgIpc) is 3.02. The molecule has 4 heterocycles. The summed E-state index contributed by atoms with van der Waals surface area (Å²) in [5, 5.41) is 0. The average molecular weight is 402 g/mol. The van der Waals surface area contributed by atoms with E-state index in [0.29, 0.717) is 37.5 Å². The summed E-state index contributed by atoms with van der Waals surface area (Å²) in [6.07, 6.45) is 4.99. The Labute approximate surface area is 170 Å². The summed E-state index contributed by atoms with van der Waals surface area (Å²) in [6.45, 7) is 8.29. The van der Waals surface area contributed by atoms with Gasteiger partial charge in [0.25, 0.3) is 0 Å². The molecule has 0 radical (unpaired) electrons. The highest BCUT2D eigenvalue weighted by Gasteiger charge is 2.29. The van der Waals surface area contributed by atoms with Crippen LogP contribution in [0, 0.1) is 0 Å². The van der Waals surface area contributed by atoms with Crippen LogP contribution in [0.1, 0.15) is 64.0 Å². The van der Waals surface area contributed by atoms with Crippen molar-refractivity contribution in [1.29, 1.82) is 0 Å². The largest absolute Gasteiger partial charge is 0.444 e. The maximum absolute atomic E-state index is 12.7. The third kappa shape index (κ3) is 4.32. The van der Waals surface area contributed by atoms with E-state index in [4.69, 9.17) is 9.47 Å². The molecular formula is C21H30N4O4. The molecule has 1 N–H and O–H groups in total. The van der Waals surface area contributed by atoms with Crippen LogP contribution in [0.3, 0.4) is 0 Å². The number of likely N-dealkylation sites (tertiary alicyclic amines) is 1. The van der Waals surface area contributed by atoms with E-state index in [-0.39, 0.29) is 17.8 Å². The molecule has 158 valence electrons. The number of hydrogen-bond acceptors (Lipinski definition) is 5. The highest BCUT2D eigenvalue weighted by molar-refractivity contribution is 5.72. The number of imidazole rings is 1. The first kappa shape index (κ1) is 19.9. The second-order valence-corrected chi connectivity index (χ2v) is 9.02. The van der Waals surface area contributed by atoms with Crippen molar-refractivity contribution in [2.45, 2.75) is 64.0 Å². The quantitative estimate of drug-likeness (QED) is 0.833. The Hall–Kier alpha value is -2.35. The summed E-state index contributed by atoms with van der Waals surface area (Å²) in [5.41, 5.74) is 2.01. The Morgan fingerprint density at radius 1 is 1.21 bits per heavy atom. The number of carbonyl (C=O) groups excluding carboxylic acids is 1. The van der Waals surface area contributed by atoms with Crippen LogP contribution in [0.4, 0.5) is 4.79 Å². The van der Waals surface area contributed by atoms with Crippen molar-refractivity contribution in [2.75, 3.05) is 26.3 Å². The fourth-order valence-electron chi connectivity index (χ4n) is 4.27. The summed E-state index contributed by atoms with van der Waals surface area (Å²) >= 11 is 0. The molecule has 2 saturated heterocycles. The number of nitrogens with one attached hydrogen (secondary N) is 1. The number of rotatable bonds is 2. The van der Waals surface area contributed by atoms with Gasteiger partial charge in [-0.15, -0.1) is 0 Å². The van der Waals surface area contributed by atoms with Crippen molar-refractivity contribution in [3.63, 3.8) is 0 Å². The molecule has 0 spiro atoms. The number of amides is 1. The summed E-state index contributed by atoms with van der Waals surface area (Å²) in [5.74, 6) is 0.424. The van der Waals surface area contributed by atoms with Crippen LogP contribution < -0.4 is 5.69 Å². The van der Waals surface area contributed by atoms with Crippen LogP contribution in [0.5, 0.6) is 0 Å². The van der Waals surface area contributed by atoms with Crippen LogP contribution in [0.15, 0.2) is 17.1 Å². The molecule has 8 nitrogen and oxygen atoms in total. The number of aromatic nitrogens is 3. The van der Waals surface area contributed by atoms with E-state index in [1.165, 1.54) is 5.56 Å². The van der Waals surface area contributed by atoms with Crippen molar-refractivity contribution in [1.82, 2.24) is 19.4 Å². The Balaban J connectivity index is 1.52. The molecule has 8 heteroatoms. The van der Waals surface area contributed by atoms with Gasteiger partial charge in [0.2, 0.25) is 0 Å². The number of piperidine rings is 1. The van der Waals surface area contributed by atoms with Gasteiger partial charge in [0.15, 0.2) is 5.65 Å². The minimum atomic E-state index is -0.506. The molecule has 0 aliphatic carbocycles. The fraction of sp³-hybridized carbons (Fsp3) is 0.667. The normalized spacial score (nSPS) is 19.6. The van der Waals surface area contributed by atoms with E-state index in [1.807, 2.05) is 31.5 Å². The number of aromatic amines is 1. The Morgan fingerprint density at radius 3 is 2.55 bits per heavy atom. The first-order chi connectivity index (χ1) is 13.8. The predicted molar refractivity (Wildman–Crippen MR) is 109 cm³/mol. The maximum atomic E-state index is 12.7. The predicted octanol–water partition coefficient (Wildman–Crippen LogP) is 3.19. The third-order valence-electron chi connectivity index (χ3n) is 5.77. The number of nitrogens with zero attached hydrogens (tertiary/aromatic N) is 3. The van der Waals surface area contributed by atoms with Crippen molar-refractivity contribution < 1.29 is 14.3 Å². The second kappa shape index (κ2) is 7.82. The van der Waals surface area contributed by atoms with Gasteiger partial charge in [-0.3, -0.25) is 9.55 Å². The number of hydrogen-bond donors (Lipinski definition) is 1. The molecule has 0 aromatic carbocycles. The molecule has 29 heavy (non-hydrogen) atoms. The van der Waals surface area contributed by atoms with Gasteiger partial charge in [-0.25, -0.2) is 14.6 Å². The highest BCUT2D eigenvalue weighted by Crippen LogP contribution is 2.30. The summed E-state index contributed by atoms with van der Waals surface area (Å²) < 4.78 is 12.8. The van der Waals surface area contributed by atoms with Gasteiger partial charge in [0.1, 0.15) is 5.60 Å². The molecule has 0 unspecified atom stereocenters. The number of fused-ring (bicyclic) bond motifs is 1. The fourth-order valence-corrected chi connectivity index (χ4v) is 4.27. The van der Waals surface area contributed by atoms with Gasteiger partial charge in [0, 0.05) is 38.5 Å². The SMILES string of the molecule is CC(C)(C)OC(=O)N1CCC(n2c(=O)[nH]c3ncc(C4CCOCC4)cc32)CC1. The van der Waals surface area contributed by atoms with Crippen molar-refractivity contribution >= 4 is 17.3 Å². The zero-order chi connectivity index (χ0) is 20.6. The van der Waals surface area contributed by atoms with Gasteiger partial charge in [-0.2, -0.15) is 0 Å². The first-order valence-electron chi connectivity index (χ1n) is 10.5. The molecule has 0 bridgehead atoms. The van der Waals surface area contributed by atoms with E-state index in [2.05, 4.69) is 16.0 Å². The van der Waals surface area contributed by atoms with Crippen LogP contribution in [-0.4, -0.2) is 57.4 Å².